The van der Waals surface area contributed by atoms with Gasteiger partial charge in [0.25, 0.3) is 0 Å². The molecule has 1 heteroatoms. The molecule has 0 aliphatic heterocycles. The Balaban J connectivity index is 1.68. The molecule has 0 amide bonds. The second-order valence-corrected chi connectivity index (χ2v) is 14.9. The van der Waals surface area contributed by atoms with Crippen molar-refractivity contribution in [2.75, 3.05) is 6.16 Å². The molecule has 0 atom stereocenters. The number of rotatable bonds is 10. The van der Waals surface area contributed by atoms with Gasteiger partial charge in [-0.15, -0.1) is 0 Å². The van der Waals surface area contributed by atoms with Crippen LogP contribution in [0.5, 0.6) is 0 Å². The van der Waals surface area contributed by atoms with E-state index in [0.717, 1.165) is 0 Å². The molecule has 0 unspecified atom stereocenters. The molecule has 0 N–H and O–H groups in total. The summed E-state index contributed by atoms with van der Waals surface area (Å²) < 4.78 is 0. The molecule has 0 radical (unpaired) electrons. The summed E-state index contributed by atoms with van der Waals surface area (Å²) in [5.74, 6) is 0. The second kappa shape index (κ2) is 11.7. The summed E-state index contributed by atoms with van der Waals surface area (Å²) in [5, 5.41) is 12.9. The minimum absolute atomic E-state index is 1.22. The van der Waals surface area contributed by atoms with Gasteiger partial charge in [-0.05, 0) is 0 Å². The average molecular weight is 527 g/mol. The van der Waals surface area contributed by atoms with Crippen molar-refractivity contribution in [3.05, 3.63) is 127 Å². The first-order chi connectivity index (χ1) is 19.3. The Labute approximate surface area is 234 Å². The van der Waals surface area contributed by atoms with E-state index in [1.807, 2.05) is 0 Å². The first-order valence-corrected chi connectivity index (χ1v) is 17.0. The van der Waals surface area contributed by atoms with Crippen LogP contribution >= 0.6 is 7.26 Å². The molecule has 0 aliphatic rings. The van der Waals surface area contributed by atoms with E-state index >= 15 is 0 Å². The number of hydrogen-bond donors (Lipinski definition) is 0. The average Bonchev–Trinajstić information content (AvgIpc) is 3.00. The van der Waals surface area contributed by atoms with E-state index in [-0.39, 0.29) is 0 Å². The third kappa shape index (κ3) is 4.88. The first kappa shape index (κ1) is 25.8. The van der Waals surface area contributed by atoms with E-state index < -0.39 is 7.26 Å². The van der Waals surface area contributed by atoms with Gasteiger partial charge < -0.3 is 0 Å². The van der Waals surface area contributed by atoms with Gasteiger partial charge in [0.1, 0.15) is 0 Å². The molecule has 0 saturated heterocycles. The van der Waals surface area contributed by atoms with Crippen LogP contribution in [0.4, 0.5) is 0 Å². The standard InChI is InChI=1S/C38H39P/c1-2-3-4-5-6-13-29-39(36-26-14-20-30-17-7-10-23-33(30)36,37-27-15-21-31-18-8-11-24-34(31)37)38-28-16-22-32-19-9-12-25-35(32)38/h7-12,14-28,39H,2-6,13,29H2,1H3. The molecule has 39 heavy (non-hydrogen) atoms. The molecule has 6 aromatic carbocycles. The molecular weight excluding hydrogens is 487 g/mol. The third-order valence-electron chi connectivity index (χ3n) is 8.65. The zero-order valence-electron chi connectivity index (χ0n) is 23.1. The van der Waals surface area contributed by atoms with E-state index in [2.05, 4.69) is 134 Å². The second-order valence-electron chi connectivity index (χ2n) is 11.0. The molecular formula is C38H39P. The topological polar surface area (TPSA) is 0 Å². The van der Waals surface area contributed by atoms with Crippen molar-refractivity contribution >= 4 is 55.5 Å². The van der Waals surface area contributed by atoms with E-state index in [1.54, 1.807) is 15.9 Å². The van der Waals surface area contributed by atoms with Crippen LogP contribution in [0, 0.1) is 0 Å². The summed E-state index contributed by atoms with van der Waals surface area (Å²) >= 11 is 0. The van der Waals surface area contributed by atoms with Gasteiger partial charge in [0.05, 0.1) is 0 Å². The maximum absolute atomic E-state index is 2.49. The van der Waals surface area contributed by atoms with Crippen molar-refractivity contribution in [1.29, 1.82) is 0 Å². The molecule has 0 bridgehead atoms. The number of hydrogen-bond acceptors (Lipinski definition) is 0. The molecule has 6 aromatic rings. The maximum atomic E-state index is 2.47. The zero-order chi connectivity index (χ0) is 26.5. The monoisotopic (exact) mass is 526 g/mol. The summed E-state index contributed by atoms with van der Waals surface area (Å²) in [6.07, 6.45) is 9.09. The molecule has 0 spiro atoms. The summed E-state index contributed by atoms with van der Waals surface area (Å²) in [5.41, 5.74) is 0. The molecule has 0 aromatic heterocycles. The van der Waals surface area contributed by atoms with Gasteiger partial charge in [0, 0.05) is 0 Å². The molecule has 0 nitrogen and oxygen atoms in total. The molecule has 6 rings (SSSR count). The zero-order valence-corrected chi connectivity index (χ0v) is 24.1. The van der Waals surface area contributed by atoms with Crippen LogP contribution in [0.25, 0.3) is 32.3 Å². The summed E-state index contributed by atoms with van der Waals surface area (Å²) in [7, 11) is -2.49. The first-order valence-electron chi connectivity index (χ1n) is 14.8. The van der Waals surface area contributed by atoms with Crippen molar-refractivity contribution < 1.29 is 0 Å². The Hall–Kier alpha value is -3.47. The molecule has 196 valence electrons. The summed E-state index contributed by atoms with van der Waals surface area (Å²) in [6.45, 7) is 2.31. The number of fused-ring (bicyclic) bond motifs is 3. The number of unbranched alkanes of at least 4 members (excludes halogenated alkanes) is 5. The predicted molar refractivity (Wildman–Crippen MR) is 177 cm³/mol. The van der Waals surface area contributed by atoms with Gasteiger partial charge in [-0.25, -0.2) is 0 Å². The Bertz CT molecular complexity index is 1510. The fraction of sp³-hybridized carbons (Fsp3) is 0.211. The fourth-order valence-corrected chi connectivity index (χ4v) is 12.5. The van der Waals surface area contributed by atoms with Crippen LogP contribution in [0.1, 0.15) is 45.4 Å². The third-order valence-corrected chi connectivity index (χ3v) is 13.8. The van der Waals surface area contributed by atoms with E-state index in [1.165, 1.54) is 77.0 Å². The normalized spacial score (nSPS) is 12.3. The molecule has 0 fully saturated rings. The van der Waals surface area contributed by atoms with E-state index in [9.17, 15) is 0 Å². The van der Waals surface area contributed by atoms with Crippen LogP contribution in [0.2, 0.25) is 0 Å². The van der Waals surface area contributed by atoms with Gasteiger partial charge in [0.2, 0.25) is 0 Å². The predicted octanol–water partition coefficient (Wildman–Crippen LogP) is 9.53. The Morgan fingerprint density at radius 1 is 0.385 bits per heavy atom. The van der Waals surface area contributed by atoms with E-state index in [4.69, 9.17) is 0 Å². The van der Waals surface area contributed by atoms with Crippen molar-refractivity contribution in [2.45, 2.75) is 45.4 Å². The Morgan fingerprint density at radius 2 is 0.744 bits per heavy atom. The van der Waals surface area contributed by atoms with Crippen LogP contribution < -0.4 is 15.9 Å². The summed E-state index contributed by atoms with van der Waals surface area (Å²) in [4.78, 5) is 0. The fourth-order valence-electron chi connectivity index (χ4n) is 6.80. The van der Waals surface area contributed by atoms with Crippen LogP contribution in [-0.2, 0) is 0 Å². The molecule has 0 saturated carbocycles. The van der Waals surface area contributed by atoms with Gasteiger partial charge in [-0.3, -0.25) is 0 Å². The van der Waals surface area contributed by atoms with Crippen LogP contribution in [0.3, 0.4) is 0 Å². The Kier molecular flexibility index (Phi) is 7.76. The SMILES string of the molecule is CCCCCCCC[PH](c1cccc2ccccc12)(c1cccc2ccccc12)c1cccc2ccccc12. The van der Waals surface area contributed by atoms with E-state index in [0.29, 0.717) is 0 Å². The van der Waals surface area contributed by atoms with Crippen molar-refractivity contribution in [2.24, 2.45) is 0 Å². The quantitative estimate of drug-likeness (QED) is 0.123. The van der Waals surface area contributed by atoms with Crippen molar-refractivity contribution in [1.82, 2.24) is 0 Å². The van der Waals surface area contributed by atoms with Gasteiger partial charge in [-0.1, -0.05) is 0 Å². The summed E-state index contributed by atoms with van der Waals surface area (Å²) in [6, 6.07) is 48.3. The minimum atomic E-state index is -2.49. The Morgan fingerprint density at radius 3 is 1.18 bits per heavy atom. The van der Waals surface area contributed by atoms with Crippen molar-refractivity contribution in [3.63, 3.8) is 0 Å². The molecule has 0 heterocycles. The van der Waals surface area contributed by atoms with Gasteiger partial charge in [-0.2, -0.15) is 0 Å². The van der Waals surface area contributed by atoms with Crippen molar-refractivity contribution in [3.8, 4) is 0 Å². The van der Waals surface area contributed by atoms with Crippen LogP contribution in [0.15, 0.2) is 127 Å². The van der Waals surface area contributed by atoms with Crippen LogP contribution in [-0.4, -0.2) is 6.16 Å². The van der Waals surface area contributed by atoms with Gasteiger partial charge in [0.15, 0.2) is 0 Å². The molecule has 0 aliphatic carbocycles. The van der Waals surface area contributed by atoms with Gasteiger partial charge >= 0.3 is 234 Å². The number of benzene rings is 6.